The van der Waals surface area contributed by atoms with Gasteiger partial charge in [-0.3, -0.25) is 4.79 Å². The molecule has 130 valence electrons. The molecule has 0 aromatic heterocycles. The zero-order valence-electron chi connectivity index (χ0n) is 14.0. The second-order valence-electron chi connectivity index (χ2n) is 5.86. The van der Waals surface area contributed by atoms with Crippen LogP contribution in [0.2, 0.25) is 0 Å². The molecule has 1 heterocycles. The number of ketones is 1. The maximum Gasteiger partial charge on any atom is 0.191 e. The minimum absolute atomic E-state index is 0.0813. The van der Waals surface area contributed by atoms with Gasteiger partial charge >= 0.3 is 0 Å². The Kier molecular flexibility index (Phi) is 4.83. The number of hydrogen-bond acceptors (Lipinski definition) is 3. The third-order valence-corrected chi connectivity index (χ3v) is 3.95. The molecule has 3 rings (SSSR count). The molecule has 0 bridgehead atoms. The van der Waals surface area contributed by atoms with E-state index in [4.69, 9.17) is 9.47 Å². The van der Waals surface area contributed by atoms with Crippen LogP contribution in [0.5, 0.6) is 11.5 Å². The minimum Gasteiger partial charge on any atom is -0.493 e. The van der Waals surface area contributed by atoms with Gasteiger partial charge in [0.2, 0.25) is 0 Å². The highest BCUT2D eigenvalue weighted by Gasteiger charge is 2.21. The van der Waals surface area contributed by atoms with Crippen LogP contribution in [-0.4, -0.2) is 18.5 Å². The lowest BCUT2D eigenvalue weighted by Gasteiger charge is -2.10. The molecule has 0 aliphatic carbocycles. The molecular weight excluding hydrogens is 326 g/mol. The summed E-state index contributed by atoms with van der Waals surface area (Å²) in [6.45, 7) is 4.30. The van der Waals surface area contributed by atoms with Crippen LogP contribution in [0.1, 0.15) is 35.3 Å². The lowest BCUT2D eigenvalue weighted by Crippen LogP contribution is -2.05. The summed E-state index contributed by atoms with van der Waals surface area (Å²) in [4.78, 5) is 12.2. The van der Waals surface area contributed by atoms with E-state index in [0.29, 0.717) is 17.9 Å². The molecule has 0 saturated carbocycles. The highest BCUT2D eigenvalue weighted by Crippen LogP contribution is 2.35. The Morgan fingerprint density at radius 3 is 2.72 bits per heavy atom. The fourth-order valence-corrected chi connectivity index (χ4v) is 2.85. The van der Waals surface area contributed by atoms with E-state index in [0.717, 1.165) is 35.9 Å². The first-order chi connectivity index (χ1) is 12.0. The van der Waals surface area contributed by atoms with Crippen LogP contribution in [-0.2, 0) is 6.42 Å². The zero-order chi connectivity index (χ0) is 18.0. The van der Waals surface area contributed by atoms with Crippen LogP contribution in [0, 0.1) is 11.6 Å². The van der Waals surface area contributed by atoms with Gasteiger partial charge in [0.05, 0.1) is 12.2 Å². The van der Waals surface area contributed by atoms with Crippen LogP contribution >= 0.6 is 0 Å². The lowest BCUT2D eigenvalue weighted by atomic mass is 10.0. The maximum atomic E-state index is 13.7. The van der Waals surface area contributed by atoms with Crippen LogP contribution < -0.4 is 9.47 Å². The van der Waals surface area contributed by atoms with Crippen molar-refractivity contribution in [1.82, 2.24) is 0 Å². The number of halogens is 2. The fourth-order valence-electron chi connectivity index (χ4n) is 2.85. The number of carbonyl (C=O) groups excluding carboxylic acids is 1. The van der Waals surface area contributed by atoms with Gasteiger partial charge in [-0.1, -0.05) is 6.07 Å². The topological polar surface area (TPSA) is 35.5 Å². The second kappa shape index (κ2) is 7.05. The molecular formula is C20H18F2O3. The third-order valence-electron chi connectivity index (χ3n) is 3.95. The molecule has 0 fully saturated rings. The molecule has 0 radical (unpaired) electrons. The molecule has 0 N–H and O–H groups in total. The summed E-state index contributed by atoms with van der Waals surface area (Å²) < 4.78 is 38.8. The Hall–Kier alpha value is -2.69. The molecule has 0 spiro atoms. The number of rotatable bonds is 5. The van der Waals surface area contributed by atoms with Gasteiger partial charge in [0.25, 0.3) is 0 Å². The van der Waals surface area contributed by atoms with Crippen LogP contribution in [0.3, 0.4) is 0 Å². The van der Waals surface area contributed by atoms with Gasteiger partial charge in [0.15, 0.2) is 5.78 Å². The highest BCUT2D eigenvalue weighted by atomic mass is 19.1. The van der Waals surface area contributed by atoms with E-state index in [9.17, 15) is 13.6 Å². The quantitative estimate of drug-likeness (QED) is 0.588. The number of allylic oxidation sites excluding steroid dienone is 1. The van der Waals surface area contributed by atoms with Crippen molar-refractivity contribution in [3.8, 4) is 11.5 Å². The molecule has 0 unspecified atom stereocenters. The molecule has 0 saturated heterocycles. The summed E-state index contributed by atoms with van der Waals surface area (Å²) in [5, 5.41) is 0. The van der Waals surface area contributed by atoms with E-state index in [1.807, 2.05) is 19.9 Å². The minimum atomic E-state index is -0.884. The molecule has 2 aromatic rings. The number of ether oxygens (including phenoxy) is 2. The van der Waals surface area contributed by atoms with E-state index in [-0.39, 0.29) is 6.10 Å². The Morgan fingerprint density at radius 2 is 2.04 bits per heavy atom. The van der Waals surface area contributed by atoms with E-state index in [1.165, 1.54) is 12.1 Å². The second-order valence-corrected chi connectivity index (χ2v) is 5.86. The average Bonchev–Trinajstić information content (AvgIpc) is 2.91. The molecule has 1 aliphatic rings. The summed E-state index contributed by atoms with van der Waals surface area (Å²) >= 11 is 0. The largest absolute Gasteiger partial charge is 0.493 e. The zero-order valence-corrected chi connectivity index (χ0v) is 14.0. The summed E-state index contributed by atoms with van der Waals surface area (Å²) in [5.41, 5.74) is 1.10. The maximum absolute atomic E-state index is 13.7. The third kappa shape index (κ3) is 3.55. The summed E-state index contributed by atoms with van der Waals surface area (Å²) in [5.74, 6) is -1.17. The summed E-state index contributed by atoms with van der Waals surface area (Å²) in [6.07, 6.45) is 3.51. The SMILES string of the molecule is CCOc1cc2c(cc1/C=C/C(=O)c1c(F)cccc1F)O[C@@H](C)C2. The van der Waals surface area contributed by atoms with Crippen LogP contribution in [0.15, 0.2) is 36.4 Å². The van der Waals surface area contributed by atoms with Gasteiger partial charge in [0.1, 0.15) is 29.2 Å². The van der Waals surface area contributed by atoms with Crippen LogP contribution in [0.4, 0.5) is 8.78 Å². The number of carbonyl (C=O) groups is 1. The van der Waals surface area contributed by atoms with Crippen molar-refractivity contribution in [2.75, 3.05) is 6.61 Å². The van der Waals surface area contributed by atoms with Crippen molar-refractivity contribution < 1.29 is 23.0 Å². The lowest BCUT2D eigenvalue weighted by molar-refractivity contribution is 0.104. The van der Waals surface area contributed by atoms with Gasteiger partial charge in [-0.15, -0.1) is 0 Å². The standard InChI is InChI=1S/C20H18F2O3/c1-3-24-18-11-14-9-12(2)25-19(14)10-13(18)7-8-17(23)20-15(21)5-4-6-16(20)22/h4-8,10-12H,3,9H2,1-2H3/b8-7+/t12-/m0/s1. The van der Waals surface area contributed by atoms with Gasteiger partial charge in [0, 0.05) is 17.5 Å². The van der Waals surface area contributed by atoms with Crippen LogP contribution in [0.25, 0.3) is 6.08 Å². The van der Waals surface area contributed by atoms with Crippen molar-refractivity contribution in [3.63, 3.8) is 0 Å². The predicted molar refractivity (Wildman–Crippen MR) is 91.1 cm³/mol. The molecule has 2 aromatic carbocycles. The Bertz CT molecular complexity index is 823. The van der Waals surface area contributed by atoms with E-state index < -0.39 is 23.0 Å². The van der Waals surface area contributed by atoms with Gasteiger partial charge < -0.3 is 9.47 Å². The monoisotopic (exact) mass is 344 g/mol. The summed E-state index contributed by atoms with van der Waals surface area (Å²) in [7, 11) is 0. The Balaban J connectivity index is 1.93. The van der Waals surface area contributed by atoms with E-state index in [2.05, 4.69) is 0 Å². The Morgan fingerprint density at radius 1 is 1.32 bits per heavy atom. The first-order valence-corrected chi connectivity index (χ1v) is 8.12. The number of hydrogen-bond donors (Lipinski definition) is 0. The molecule has 25 heavy (non-hydrogen) atoms. The van der Waals surface area contributed by atoms with Crippen molar-refractivity contribution >= 4 is 11.9 Å². The van der Waals surface area contributed by atoms with E-state index >= 15 is 0 Å². The predicted octanol–water partition coefficient (Wildman–Crippen LogP) is 4.58. The van der Waals surface area contributed by atoms with Crippen molar-refractivity contribution in [2.45, 2.75) is 26.4 Å². The Labute approximate surface area is 144 Å². The molecule has 1 aliphatic heterocycles. The summed E-state index contributed by atoms with van der Waals surface area (Å²) in [6, 6.07) is 7.00. The molecule has 0 amide bonds. The first-order valence-electron chi connectivity index (χ1n) is 8.12. The van der Waals surface area contributed by atoms with Gasteiger partial charge in [-0.25, -0.2) is 8.78 Å². The smallest absolute Gasteiger partial charge is 0.191 e. The highest BCUT2D eigenvalue weighted by molar-refractivity contribution is 6.07. The van der Waals surface area contributed by atoms with Gasteiger partial charge in [-0.05, 0) is 50.3 Å². The number of fused-ring (bicyclic) bond motifs is 1. The fraction of sp³-hybridized carbons (Fsp3) is 0.250. The van der Waals surface area contributed by atoms with Crippen molar-refractivity contribution in [3.05, 3.63) is 64.7 Å². The molecule has 3 nitrogen and oxygen atoms in total. The van der Waals surface area contributed by atoms with Gasteiger partial charge in [-0.2, -0.15) is 0 Å². The number of benzene rings is 2. The normalized spacial score (nSPS) is 15.9. The van der Waals surface area contributed by atoms with E-state index in [1.54, 1.807) is 6.07 Å². The van der Waals surface area contributed by atoms with Crippen molar-refractivity contribution in [1.29, 1.82) is 0 Å². The van der Waals surface area contributed by atoms with Crippen molar-refractivity contribution in [2.24, 2.45) is 0 Å². The molecule has 5 heteroatoms. The first kappa shape index (κ1) is 17.1. The molecule has 1 atom stereocenters. The average molecular weight is 344 g/mol.